The van der Waals surface area contributed by atoms with E-state index in [-0.39, 0.29) is 41.6 Å². The molecule has 0 aromatic heterocycles. The fraction of sp³-hybridized carbons (Fsp3) is 0.711. The third-order valence-electron chi connectivity index (χ3n) is 10.6. The number of methoxy groups -OCH3 is 1. The molecule has 0 radical (unpaired) electrons. The Labute approximate surface area is 277 Å². The monoisotopic (exact) mass is 643 g/mol. The summed E-state index contributed by atoms with van der Waals surface area (Å²) in [7, 11) is 1.68. The fourth-order valence-electron chi connectivity index (χ4n) is 8.08. The molecule has 2 heterocycles. The number of rotatable bonds is 12. The molecule has 2 saturated heterocycles. The van der Waals surface area contributed by atoms with E-state index >= 15 is 0 Å². The van der Waals surface area contributed by atoms with Gasteiger partial charge in [-0.25, -0.2) is 4.79 Å². The number of carbonyl (C=O) groups is 1. The molecule has 46 heavy (non-hydrogen) atoms. The van der Waals surface area contributed by atoms with Crippen LogP contribution in [0.3, 0.4) is 0 Å². The highest BCUT2D eigenvalue weighted by Gasteiger charge is 2.72. The van der Waals surface area contributed by atoms with Crippen LogP contribution in [0.2, 0.25) is 0 Å². The quantitative estimate of drug-likeness (QED) is 0.0640. The highest BCUT2D eigenvalue weighted by Crippen LogP contribution is 2.59. The summed E-state index contributed by atoms with van der Waals surface area (Å²) in [6, 6.07) is 0. The highest BCUT2D eigenvalue weighted by atomic mass is 16.6. The maximum atomic E-state index is 10.4. The SMILES string of the molecule is C1CCC(C2CCCCC2)CC1.CO[C@@H]1[C@H](OC(O)/C=C/C=C/C=C/C=C/C(=O)O)CC[C@]2(CO2)[C@H]1[C@@]1(C)O[C@@H]1CC=C(C)C.N. The summed E-state index contributed by atoms with van der Waals surface area (Å²) < 4.78 is 24.0. The second-order valence-corrected chi connectivity index (χ2v) is 14.1. The van der Waals surface area contributed by atoms with Crippen molar-refractivity contribution in [3.05, 3.63) is 60.3 Å². The van der Waals surface area contributed by atoms with Crippen LogP contribution in [0.1, 0.15) is 104 Å². The Balaban J connectivity index is 0.000000369. The summed E-state index contributed by atoms with van der Waals surface area (Å²) in [5, 5.41) is 18.9. The molecule has 7 atom stereocenters. The molecule has 5 N–H and O–H groups in total. The van der Waals surface area contributed by atoms with E-state index in [0.717, 1.165) is 37.2 Å². The Bertz CT molecular complexity index is 1060. The number of aliphatic hydroxyl groups excluding tert-OH is 1. The average molecular weight is 644 g/mol. The molecular weight excluding hydrogens is 582 g/mol. The van der Waals surface area contributed by atoms with Crippen LogP contribution < -0.4 is 6.15 Å². The predicted octanol–water partition coefficient (Wildman–Crippen LogP) is 8.02. The Morgan fingerprint density at radius 2 is 1.48 bits per heavy atom. The minimum atomic E-state index is -1.07. The average Bonchev–Trinajstić information content (AvgIpc) is 3.96. The number of carboxylic acids is 1. The van der Waals surface area contributed by atoms with E-state index in [1.165, 1.54) is 50.2 Å². The maximum Gasteiger partial charge on any atom is 0.328 e. The molecule has 3 aliphatic carbocycles. The fourth-order valence-corrected chi connectivity index (χ4v) is 8.08. The number of ether oxygens (including phenoxy) is 4. The van der Waals surface area contributed by atoms with Crippen molar-refractivity contribution in [2.75, 3.05) is 13.7 Å². The van der Waals surface area contributed by atoms with Gasteiger partial charge in [-0.1, -0.05) is 112 Å². The topological polar surface area (TPSA) is 136 Å². The third kappa shape index (κ3) is 11.0. The summed E-state index contributed by atoms with van der Waals surface area (Å²) in [5.41, 5.74) is 0.713. The van der Waals surface area contributed by atoms with E-state index in [1.807, 2.05) is 0 Å². The van der Waals surface area contributed by atoms with Crippen LogP contribution in [-0.2, 0) is 23.7 Å². The molecule has 3 saturated carbocycles. The number of aliphatic hydroxyl groups is 1. The standard InChI is InChI=1S/C26H36O7.C12H22.H3N/c1-18(2)13-14-20-25(3,33-20)24-23(30-4)19(15-16-26(24)17-31-26)32-22(29)12-10-8-6-5-7-9-11-21(27)28;1-3-7-11(8-4-1)12-9-5-2-6-10-12;/h5-13,19-20,22-24,29H,14-17H2,1-4H3,(H,27,28);11-12H,1-10H2;1H3/b7-5+,8-6+,11-9+,12-10+;;/t19-,20-,22?,23-,24-,25+,26+;;/m1../s1. The lowest BCUT2D eigenvalue weighted by Crippen LogP contribution is -2.55. The Kier molecular flexibility index (Phi) is 15.4. The zero-order valence-electron chi connectivity index (χ0n) is 28.8. The maximum absolute atomic E-state index is 10.4. The molecule has 0 aromatic carbocycles. The van der Waals surface area contributed by atoms with Gasteiger partial charge in [0, 0.05) is 13.2 Å². The number of hydrogen-bond donors (Lipinski definition) is 3. The minimum Gasteiger partial charge on any atom is -0.478 e. The molecule has 5 aliphatic rings. The van der Waals surface area contributed by atoms with Gasteiger partial charge in [-0.3, -0.25) is 0 Å². The number of allylic oxidation sites excluding steroid dienone is 7. The Morgan fingerprint density at radius 3 is 2.00 bits per heavy atom. The van der Waals surface area contributed by atoms with Crippen LogP contribution in [0.4, 0.5) is 0 Å². The molecule has 0 bridgehead atoms. The molecule has 8 nitrogen and oxygen atoms in total. The summed E-state index contributed by atoms with van der Waals surface area (Å²) in [6.07, 6.45) is 31.1. The van der Waals surface area contributed by atoms with Gasteiger partial charge in [-0.05, 0) is 57.9 Å². The van der Waals surface area contributed by atoms with Crippen molar-refractivity contribution in [2.24, 2.45) is 17.8 Å². The molecule has 2 aliphatic heterocycles. The van der Waals surface area contributed by atoms with E-state index in [2.05, 4.69) is 26.8 Å². The van der Waals surface area contributed by atoms with Crippen LogP contribution in [-0.4, -0.2) is 65.7 Å². The molecule has 260 valence electrons. The minimum absolute atomic E-state index is 0. The van der Waals surface area contributed by atoms with E-state index < -0.39 is 12.3 Å². The van der Waals surface area contributed by atoms with E-state index in [1.54, 1.807) is 69.2 Å². The molecule has 5 rings (SSSR count). The van der Waals surface area contributed by atoms with Crippen molar-refractivity contribution in [1.29, 1.82) is 0 Å². The first kappa shape index (κ1) is 38.4. The lowest BCUT2D eigenvalue weighted by atomic mass is 9.68. The van der Waals surface area contributed by atoms with Crippen molar-refractivity contribution in [3.8, 4) is 0 Å². The van der Waals surface area contributed by atoms with Crippen LogP contribution in [0.25, 0.3) is 0 Å². The highest BCUT2D eigenvalue weighted by molar-refractivity contribution is 5.80. The first-order valence-electron chi connectivity index (χ1n) is 17.4. The van der Waals surface area contributed by atoms with Crippen LogP contribution in [0.5, 0.6) is 0 Å². The van der Waals surface area contributed by atoms with Crippen LogP contribution in [0.15, 0.2) is 60.3 Å². The van der Waals surface area contributed by atoms with E-state index in [0.29, 0.717) is 6.61 Å². The number of hydrogen-bond acceptors (Lipinski definition) is 7. The molecule has 5 fully saturated rings. The second kappa shape index (κ2) is 18.5. The zero-order chi connectivity index (χ0) is 32.3. The first-order valence-corrected chi connectivity index (χ1v) is 17.4. The molecule has 0 aromatic rings. The van der Waals surface area contributed by atoms with E-state index in [4.69, 9.17) is 24.1 Å². The van der Waals surface area contributed by atoms with Crippen molar-refractivity contribution in [2.45, 2.75) is 140 Å². The van der Waals surface area contributed by atoms with Crippen LogP contribution in [0, 0.1) is 17.8 Å². The van der Waals surface area contributed by atoms with Gasteiger partial charge < -0.3 is 35.3 Å². The summed E-state index contributed by atoms with van der Waals surface area (Å²) in [5.74, 6) is 1.32. The number of epoxide rings is 2. The Hall–Kier alpha value is -2.07. The van der Waals surface area contributed by atoms with Gasteiger partial charge in [0.25, 0.3) is 0 Å². The summed E-state index contributed by atoms with van der Waals surface area (Å²) in [4.78, 5) is 10.4. The molecule has 0 amide bonds. The molecular formula is C38H61NO7. The van der Waals surface area contributed by atoms with Gasteiger partial charge in [0.2, 0.25) is 0 Å². The van der Waals surface area contributed by atoms with Gasteiger partial charge in [-0.15, -0.1) is 0 Å². The van der Waals surface area contributed by atoms with Gasteiger partial charge >= 0.3 is 5.97 Å². The summed E-state index contributed by atoms with van der Waals surface area (Å²) >= 11 is 0. The van der Waals surface area contributed by atoms with Gasteiger partial charge in [0.15, 0.2) is 6.29 Å². The zero-order valence-corrected chi connectivity index (χ0v) is 28.8. The third-order valence-corrected chi connectivity index (χ3v) is 10.6. The number of carboxylic acid groups (broad SMARTS) is 1. The van der Waals surface area contributed by atoms with Crippen LogP contribution >= 0.6 is 0 Å². The Morgan fingerprint density at radius 1 is 0.913 bits per heavy atom. The first-order chi connectivity index (χ1) is 21.7. The smallest absolute Gasteiger partial charge is 0.328 e. The normalized spacial score (nSPS) is 34.0. The van der Waals surface area contributed by atoms with Crippen molar-refractivity contribution >= 4 is 5.97 Å². The van der Waals surface area contributed by atoms with E-state index in [9.17, 15) is 9.90 Å². The molecule has 1 unspecified atom stereocenters. The number of aliphatic carboxylic acids is 1. The largest absolute Gasteiger partial charge is 0.478 e. The molecule has 8 heteroatoms. The lowest BCUT2D eigenvalue weighted by molar-refractivity contribution is -0.189. The lowest BCUT2D eigenvalue weighted by Gasteiger charge is -2.43. The predicted molar refractivity (Wildman–Crippen MR) is 183 cm³/mol. The van der Waals surface area contributed by atoms with Crippen molar-refractivity contribution < 1.29 is 34.0 Å². The van der Waals surface area contributed by atoms with Crippen molar-refractivity contribution in [1.82, 2.24) is 6.15 Å². The summed E-state index contributed by atoms with van der Waals surface area (Å²) in [6.45, 7) is 7.02. The molecule has 1 spiro atoms. The second-order valence-electron chi connectivity index (χ2n) is 14.1. The van der Waals surface area contributed by atoms with Gasteiger partial charge in [0.05, 0.1) is 36.4 Å². The van der Waals surface area contributed by atoms with Gasteiger partial charge in [-0.2, -0.15) is 0 Å². The van der Waals surface area contributed by atoms with Crippen molar-refractivity contribution in [3.63, 3.8) is 0 Å². The van der Waals surface area contributed by atoms with Gasteiger partial charge in [0.1, 0.15) is 5.60 Å².